The third kappa shape index (κ3) is 23.8. The molecule has 2 aromatic carbocycles. The lowest BCUT2D eigenvalue weighted by molar-refractivity contribution is -0.143. The van der Waals surface area contributed by atoms with E-state index in [1.165, 1.54) is 41.7 Å². The average molecular weight is 1260 g/mol. The number of carboxylic acid groups (broad SMARTS) is 2. The van der Waals surface area contributed by atoms with E-state index in [0.717, 1.165) is 0 Å². The minimum atomic E-state index is -1.65. The number of imidazole rings is 1. The van der Waals surface area contributed by atoms with Crippen molar-refractivity contribution in [2.45, 2.75) is 166 Å². The van der Waals surface area contributed by atoms with Gasteiger partial charge in [-0.05, 0) is 73.1 Å². The highest BCUT2D eigenvalue weighted by atomic mass is 16.4. The summed E-state index contributed by atoms with van der Waals surface area (Å²) >= 11 is 0. The zero-order chi connectivity index (χ0) is 66.9. The van der Waals surface area contributed by atoms with Crippen LogP contribution in [0.2, 0.25) is 0 Å². The SMILES string of the molecule is CC(C)C[C@H](NC(=O)[C@H](CC(N)=O)NC(=O)[C@H](Cc1ccccc1)NC(=O)[C@@H]1CCCN1C(=O)[C@H](Cc1cnc[nH]1)NC(=O)[C@@H](NC(=O)[C@H](Cc1ccc(O)cc1)NC(=O)[C@@H](NC(=O)[C@H](CCCN=C(N)N)NC(=O)[C@@H](N)CC(=O)O)C(C)C)C(C)C)C(=O)O. The standard InChI is InChI=1S/C59H86N16O15/c1-30(2)22-43(58(89)90)72-52(83)41(27-45(61)77)68-51(82)39(23-33-12-8-7-9-13-33)69-54(85)44-15-11-21-75(44)57(88)42(25-35-28-64-29-66-35)71-56(87)48(32(5)6)74-53(84)40(24-34-16-18-36(76)19-17-34)70-55(86)47(31(3)4)73-50(81)38(14-10-20-65-59(62)63)67-49(80)37(60)26-46(78)79/h7-9,12-13,16-19,28-32,37-44,47-48,76H,10-11,14-15,20-27,60H2,1-6H3,(H2,61,77)(H,64,66)(H,67,80)(H,68,82)(H,69,85)(H,70,86)(H,71,87)(H,72,83)(H,73,81)(H,74,84)(H,78,79)(H,89,90)(H4,62,63,65)/t37-,38-,39-,40-,41-,42-,43-,44-,47-,48-/m0/s1. The smallest absolute Gasteiger partial charge is 0.326 e. The number of likely N-dealkylation sites (tertiary alicyclic amines) is 1. The molecule has 31 nitrogen and oxygen atoms in total. The molecule has 1 fully saturated rings. The predicted octanol–water partition coefficient (Wildman–Crippen LogP) is -2.81. The maximum absolute atomic E-state index is 14.9. The first-order chi connectivity index (χ1) is 42.4. The number of hydrogen-bond acceptors (Lipinski definition) is 16. The monoisotopic (exact) mass is 1260 g/mol. The van der Waals surface area contributed by atoms with Gasteiger partial charge in [-0.1, -0.05) is 84.0 Å². The van der Waals surface area contributed by atoms with Crippen molar-refractivity contribution in [3.05, 3.63) is 83.9 Å². The molecule has 1 aliphatic heterocycles. The molecule has 1 aromatic heterocycles. The molecule has 0 unspecified atom stereocenters. The molecule has 1 saturated heterocycles. The van der Waals surface area contributed by atoms with Crippen LogP contribution in [0.1, 0.15) is 103 Å². The molecule has 492 valence electrons. The second-order valence-electron chi connectivity index (χ2n) is 23.1. The molecule has 1 aliphatic rings. The summed E-state index contributed by atoms with van der Waals surface area (Å²) in [6.45, 7) is 9.95. The Balaban J connectivity index is 1.62. The van der Waals surface area contributed by atoms with Crippen molar-refractivity contribution in [2.75, 3.05) is 13.1 Å². The number of phenolic OH excluding ortho intramolecular Hbond substituents is 1. The van der Waals surface area contributed by atoms with Gasteiger partial charge in [0.15, 0.2) is 5.96 Å². The van der Waals surface area contributed by atoms with Crippen molar-refractivity contribution in [1.82, 2.24) is 57.4 Å². The highest BCUT2D eigenvalue weighted by molar-refractivity contribution is 6.00. The van der Waals surface area contributed by atoms with Crippen LogP contribution in [0.4, 0.5) is 0 Å². The summed E-state index contributed by atoms with van der Waals surface area (Å²) in [7, 11) is 0. The lowest BCUT2D eigenvalue weighted by Crippen LogP contribution is -2.62. The maximum Gasteiger partial charge on any atom is 0.326 e. The number of nitrogens with two attached hydrogens (primary N) is 4. The first-order valence-electron chi connectivity index (χ1n) is 29.5. The van der Waals surface area contributed by atoms with Gasteiger partial charge in [0.25, 0.3) is 0 Å². The van der Waals surface area contributed by atoms with Crippen LogP contribution in [0.5, 0.6) is 5.75 Å². The lowest BCUT2D eigenvalue weighted by Gasteiger charge is -2.32. The van der Waals surface area contributed by atoms with Crippen molar-refractivity contribution < 1.29 is 72.9 Å². The van der Waals surface area contributed by atoms with Crippen LogP contribution in [-0.4, -0.2) is 181 Å². The van der Waals surface area contributed by atoms with E-state index >= 15 is 0 Å². The molecule has 90 heavy (non-hydrogen) atoms. The molecule has 4 rings (SSSR count). The Morgan fingerprint density at radius 1 is 0.622 bits per heavy atom. The number of carbonyl (C=O) groups excluding carboxylic acids is 10. The number of carbonyl (C=O) groups is 12. The number of rotatable bonds is 36. The fourth-order valence-electron chi connectivity index (χ4n) is 9.80. The number of aliphatic carboxylic acids is 2. The molecule has 0 aliphatic carbocycles. The van der Waals surface area contributed by atoms with Crippen molar-refractivity contribution >= 4 is 77.0 Å². The van der Waals surface area contributed by atoms with Gasteiger partial charge in [0, 0.05) is 44.2 Å². The summed E-state index contributed by atoms with van der Waals surface area (Å²) in [5.74, 6) is -13.5. The largest absolute Gasteiger partial charge is 0.508 e. The summed E-state index contributed by atoms with van der Waals surface area (Å²) in [5, 5.41) is 49.8. The molecule has 3 aromatic rings. The van der Waals surface area contributed by atoms with Crippen LogP contribution in [0, 0.1) is 17.8 Å². The van der Waals surface area contributed by atoms with Gasteiger partial charge in [-0.15, -0.1) is 0 Å². The number of benzene rings is 2. The number of carboxylic acids is 2. The number of aromatic hydroxyl groups is 1. The number of aromatic nitrogens is 2. The molecular formula is C59H86N16O15. The first-order valence-corrected chi connectivity index (χ1v) is 29.5. The van der Waals surface area contributed by atoms with Crippen LogP contribution in [0.3, 0.4) is 0 Å². The second-order valence-corrected chi connectivity index (χ2v) is 23.1. The minimum absolute atomic E-state index is 0.0142. The molecule has 31 heteroatoms. The fourth-order valence-corrected chi connectivity index (χ4v) is 9.80. The molecule has 0 saturated carbocycles. The third-order valence-electron chi connectivity index (χ3n) is 14.5. The minimum Gasteiger partial charge on any atom is -0.508 e. The molecular weight excluding hydrogens is 1170 g/mol. The van der Waals surface area contributed by atoms with Gasteiger partial charge in [0.05, 0.1) is 25.2 Å². The van der Waals surface area contributed by atoms with Crippen LogP contribution < -0.4 is 65.5 Å². The van der Waals surface area contributed by atoms with Gasteiger partial charge in [0.1, 0.15) is 60.1 Å². The Hall–Kier alpha value is -9.68. The maximum atomic E-state index is 14.9. The fraction of sp³-hybridized carbons (Fsp3) is 0.525. The number of phenols is 1. The number of guanidine groups is 1. The average Bonchev–Trinajstić information content (AvgIpc) is 1.66. The number of hydrogen-bond donors (Lipinski definition) is 16. The predicted molar refractivity (Wildman–Crippen MR) is 325 cm³/mol. The molecule has 10 amide bonds. The van der Waals surface area contributed by atoms with Crippen molar-refractivity contribution in [3.8, 4) is 5.75 Å². The summed E-state index contributed by atoms with van der Waals surface area (Å²) < 4.78 is 0. The van der Waals surface area contributed by atoms with E-state index in [2.05, 4.69) is 57.5 Å². The van der Waals surface area contributed by atoms with E-state index in [9.17, 15) is 72.9 Å². The summed E-state index contributed by atoms with van der Waals surface area (Å²) in [6, 6.07) is -0.153. The number of aliphatic imine (C=N–C) groups is 1. The Morgan fingerprint density at radius 2 is 1.14 bits per heavy atom. The van der Waals surface area contributed by atoms with Crippen LogP contribution >= 0.6 is 0 Å². The number of H-pyrrole nitrogens is 1. The topological polar surface area (TPSA) is 510 Å². The summed E-state index contributed by atoms with van der Waals surface area (Å²) in [4.78, 5) is 175. The van der Waals surface area contributed by atoms with Gasteiger partial charge in [0.2, 0.25) is 59.1 Å². The van der Waals surface area contributed by atoms with Crippen LogP contribution in [-0.2, 0) is 76.8 Å². The van der Waals surface area contributed by atoms with Gasteiger partial charge in [-0.2, -0.15) is 0 Å². The summed E-state index contributed by atoms with van der Waals surface area (Å²) in [6.07, 6.45) is 1.19. The van der Waals surface area contributed by atoms with Gasteiger partial charge < -0.3 is 90.7 Å². The number of amides is 10. The Labute approximate surface area is 520 Å². The van der Waals surface area contributed by atoms with E-state index in [0.29, 0.717) is 23.2 Å². The van der Waals surface area contributed by atoms with Crippen molar-refractivity contribution in [3.63, 3.8) is 0 Å². The number of nitrogens with zero attached hydrogens (tertiary/aromatic N) is 3. The highest BCUT2D eigenvalue weighted by Gasteiger charge is 2.42. The van der Waals surface area contributed by atoms with Crippen LogP contribution in [0.25, 0.3) is 0 Å². The lowest BCUT2D eigenvalue weighted by atomic mass is 9.98. The Kier molecular flexibility index (Phi) is 28.6. The van der Waals surface area contributed by atoms with Crippen molar-refractivity contribution in [2.24, 2.45) is 45.7 Å². The Morgan fingerprint density at radius 3 is 1.68 bits per heavy atom. The van der Waals surface area contributed by atoms with Gasteiger partial charge in [-0.25, -0.2) is 9.78 Å². The van der Waals surface area contributed by atoms with Gasteiger partial charge in [-0.3, -0.25) is 57.7 Å². The van der Waals surface area contributed by atoms with E-state index in [-0.39, 0.29) is 75.7 Å². The van der Waals surface area contributed by atoms with Crippen LogP contribution in [0.15, 0.2) is 72.1 Å². The van der Waals surface area contributed by atoms with Gasteiger partial charge >= 0.3 is 11.9 Å². The number of nitrogens with one attached hydrogen (secondary N) is 9. The molecule has 0 radical (unpaired) electrons. The zero-order valence-electron chi connectivity index (χ0n) is 51.2. The highest BCUT2D eigenvalue weighted by Crippen LogP contribution is 2.22. The zero-order valence-corrected chi connectivity index (χ0v) is 51.2. The number of primary amides is 1. The first kappa shape index (κ1) is 72.8. The molecule has 0 spiro atoms. The number of aromatic amines is 1. The van der Waals surface area contributed by atoms with E-state index in [4.69, 9.17) is 22.9 Å². The summed E-state index contributed by atoms with van der Waals surface area (Å²) in [5.41, 5.74) is 23.5. The molecule has 2 heterocycles. The molecule has 0 bridgehead atoms. The van der Waals surface area contributed by atoms with Crippen molar-refractivity contribution in [1.29, 1.82) is 0 Å². The molecule has 20 N–H and O–H groups in total. The molecule has 10 atom stereocenters. The second kappa shape index (κ2) is 35.3. The van der Waals surface area contributed by atoms with E-state index in [1.807, 2.05) is 0 Å². The Bertz CT molecular complexity index is 3000. The normalized spacial score (nSPS) is 15.9. The third-order valence-corrected chi connectivity index (χ3v) is 14.5. The van der Waals surface area contributed by atoms with E-state index in [1.54, 1.807) is 71.9 Å². The quantitative estimate of drug-likeness (QED) is 0.0159. The van der Waals surface area contributed by atoms with E-state index < -0.39 is 156 Å².